The summed E-state index contributed by atoms with van der Waals surface area (Å²) >= 11 is 0. The number of fused-ring (bicyclic) bond motifs is 2. The number of hydrogen-bond acceptors (Lipinski definition) is 7. The summed E-state index contributed by atoms with van der Waals surface area (Å²) in [6, 6.07) is 9.37. The van der Waals surface area contributed by atoms with E-state index in [-0.39, 0.29) is 11.3 Å². The third-order valence-electron chi connectivity index (χ3n) is 6.61. The summed E-state index contributed by atoms with van der Waals surface area (Å²) < 4.78 is 13.6. The standard InChI is InChI=1S/C26H26N4O5/c1-15-17-8-6-12-35-20(17)10-9-18(15)21-19-13-28-30(14-16-7-4-5-11-27-16)22(19)25(32)29(2)23(21)24(31)26(33)34-3/h4-5,7,9-11,13,24,31H,6,8,12,14H2,1-3H3. The van der Waals surface area contributed by atoms with E-state index >= 15 is 0 Å². The Labute approximate surface area is 201 Å². The van der Waals surface area contributed by atoms with E-state index in [4.69, 9.17) is 9.47 Å². The Morgan fingerprint density at radius 2 is 2.11 bits per heavy atom. The van der Waals surface area contributed by atoms with E-state index in [1.165, 1.54) is 11.7 Å². The van der Waals surface area contributed by atoms with Gasteiger partial charge in [-0.15, -0.1) is 0 Å². The van der Waals surface area contributed by atoms with Crippen LogP contribution >= 0.6 is 0 Å². The normalized spacial score (nSPS) is 13.8. The number of pyridine rings is 2. The molecule has 5 rings (SSSR count). The fourth-order valence-corrected chi connectivity index (χ4v) is 4.84. The van der Waals surface area contributed by atoms with Gasteiger partial charge in [0, 0.05) is 24.2 Å². The highest BCUT2D eigenvalue weighted by molar-refractivity contribution is 5.98. The molecule has 0 bridgehead atoms. The Kier molecular flexibility index (Phi) is 5.86. The van der Waals surface area contributed by atoms with Gasteiger partial charge in [-0.05, 0) is 54.7 Å². The second kappa shape index (κ2) is 8.99. The molecule has 0 saturated heterocycles. The SMILES string of the molecule is COC(=O)C(O)c1c(-c2ccc3c(c2C)CCCO3)c2cnn(Cc3ccccn3)c2c(=O)n1C. The molecule has 1 atom stereocenters. The number of aliphatic hydroxyl groups is 1. The Morgan fingerprint density at radius 1 is 1.29 bits per heavy atom. The number of carbonyl (C=O) groups excluding carboxylic acids is 1. The van der Waals surface area contributed by atoms with Gasteiger partial charge in [0.15, 0.2) is 6.10 Å². The molecule has 0 radical (unpaired) electrons. The first kappa shape index (κ1) is 22.8. The third-order valence-corrected chi connectivity index (χ3v) is 6.61. The number of esters is 1. The Balaban J connectivity index is 1.82. The second-order valence-electron chi connectivity index (χ2n) is 8.60. The highest BCUT2D eigenvalue weighted by Crippen LogP contribution is 2.40. The summed E-state index contributed by atoms with van der Waals surface area (Å²) in [5.41, 5.74) is 4.31. The molecule has 180 valence electrons. The van der Waals surface area contributed by atoms with Crippen molar-refractivity contribution in [3.63, 3.8) is 0 Å². The molecular formula is C26H26N4O5. The van der Waals surface area contributed by atoms with Crippen molar-refractivity contribution in [2.45, 2.75) is 32.4 Å². The lowest BCUT2D eigenvalue weighted by Gasteiger charge is -2.24. The van der Waals surface area contributed by atoms with Gasteiger partial charge in [0.05, 0.1) is 37.8 Å². The van der Waals surface area contributed by atoms with Crippen LogP contribution in [0.4, 0.5) is 0 Å². The first-order valence-electron chi connectivity index (χ1n) is 11.4. The Hall–Kier alpha value is -3.98. The lowest BCUT2D eigenvalue weighted by atomic mass is 9.89. The molecule has 35 heavy (non-hydrogen) atoms. The van der Waals surface area contributed by atoms with Crippen molar-refractivity contribution in [1.82, 2.24) is 19.3 Å². The van der Waals surface area contributed by atoms with Crippen molar-refractivity contribution in [2.24, 2.45) is 7.05 Å². The maximum absolute atomic E-state index is 13.5. The highest BCUT2D eigenvalue weighted by Gasteiger charge is 2.30. The number of aromatic nitrogens is 4. The zero-order valence-corrected chi connectivity index (χ0v) is 19.8. The summed E-state index contributed by atoms with van der Waals surface area (Å²) in [6.45, 7) is 2.96. The number of nitrogens with zero attached hydrogens (tertiary/aromatic N) is 4. The first-order chi connectivity index (χ1) is 16.9. The van der Waals surface area contributed by atoms with Gasteiger partial charge in [0.2, 0.25) is 0 Å². The highest BCUT2D eigenvalue weighted by atomic mass is 16.5. The lowest BCUT2D eigenvalue weighted by molar-refractivity contribution is -0.151. The monoisotopic (exact) mass is 474 g/mol. The zero-order valence-electron chi connectivity index (χ0n) is 19.8. The molecule has 1 unspecified atom stereocenters. The average molecular weight is 475 g/mol. The second-order valence-corrected chi connectivity index (χ2v) is 8.60. The maximum Gasteiger partial charge on any atom is 0.340 e. The summed E-state index contributed by atoms with van der Waals surface area (Å²) in [6.07, 6.45) is 3.41. The maximum atomic E-state index is 13.5. The van der Waals surface area contributed by atoms with Crippen LogP contribution in [0.15, 0.2) is 47.5 Å². The van der Waals surface area contributed by atoms with Gasteiger partial charge in [-0.2, -0.15) is 5.10 Å². The van der Waals surface area contributed by atoms with Crippen LogP contribution in [0.3, 0.4) is 0 Å². The van der Waals surface area contributed by atoms with Crippen LogP contribution < -0.4 is 10.3 Å². The average Bonchev–Trinajstić information content (AvgIpc) is 3.30. The Bertz CT molecular complexity index is 1490. The third kappa shape index (κ3) is 3.77. The number of methoxy groups -OCH3 is 1. The van der Waals surface area contributed by atoms with E-state index in [0.29, 0.717) is 29.6 Å². The molecule has 1 aromatic carbocycles. The van der Waals surface area contributed by atoms with Crippen molar-refractivity contribution in [3.8, 4) is 16.9 Å². The van der Waals surface area contributed by atoms with Gasteiger partial charge in [-0.25, -0.2) is 4.79 Å². The van der Waals surface area contributed by atoms with Gasteiger partial charge in [-0.1, -0.05) is 12.1 Å². The lowest BCUT2D eigenvalue weighted by Crippen LogP contribution is -2.28. The number of benzene rings is 1. The molecular weight excluding hydrogens is 448 g/mol. The minimum atomic E-state index is -1.65. The topological polar surface area (TPSA) is 108 Å². The van der Waals surface area contributed by atoms with Crippen LogP contribution in [-0.2, 0) is 29.5 Å². The summed E-state index contributed by atoms with van der Waals surface area (Å²) in [4.78, 5) is 30.3. The largest absolute Gasteiger partial charge is 0.493 e. The molecule has 0 amide bonds. The molecule has 3 aromatic heterocycles. The van der Waals surface area contributed by atoms with Gasteiger partial charge in [0.1, 0.15) is 11.3 Å². The quantitative estimate of drug-likeness (QED) is 0.443. The van der Waals surface area contributed by atoms with Crippen molar-refractivity contribution >= 4 is 16.9 Å². The van der Waals surface area contributed by atoms with E-state index in [1.54, 1.807) is 24.1 Å². The predicted octanol–water partition coefficient (Wildman–Crippen LogP) is 2.69. The molecule has 1 aliphatic heterocycles. The van der Waals surface area contributed by atoms with Crippen LogP contribution in [0.2, 0.25) is 0 Å². The van der Waals surface area contributed by atoms with Crippen molar-refractivity contribution in [3.05, 3.63) is 75.6 Å². The molecule has 0 spiro atoms. The molecule has 1 aliphatic rings. The molecule has 9 nitrogen and oxygen atoms in total. The first-order valence-corrected chi connectivity index (χ1v) is 11.4. The number of aliphatic hydroxyl groups excluding tert-OH is 1. The summed E-state index contributed by atoms with van der Waals surface area (Å²) in [5, 5.41) is 16.0. The molecule has 0 aliphatic carbocycles. The van der Waals surface area contributed by atoms with Crippen LogP contribution in [0, 0.1) is 6.92 Å². The van der Waals surface area contributed by atoms with Crippen molar-refractivity contribution in [2.75, 3.05) is 13.7 Å². The molecule has 4 aromatic rings. The number of hydrogen-bond donors (Lipinski definition) is 1. The van der Waals surface area contributed by atoms with Gasteiger partial charge >= 0.3 is 5.97 Å². The van der Waals surface area contributed by atoms with E-state index < -0.39 is 12.1 Å². The predicted molar refractivity (Wildman–Crippen MR) is 129 cm³/mol. The number of carbonyl (C=O) groups is 1. The van der Waals surface area contributed by atoms with E-state index in [2.05, 4.69) is 10.1 Å². The van der Waals surface area contributed by atoms with Crippen LogP contribution in [-0.4, -0.2) is 44.1 Å². The molecule has 4 heterocycles. The molecule has 0 saturated carbocycles. The van der Waals surface area contributed by atoms with Gasteiger partial charge < -0.3 is 19.1 Å². The zero-order chi connectivity index (χ0) is 24.7. The minimum Gasteiger partial charge on any atom is -0.493 e. The Morgan fingerprint density at radius 3 is 2.86 bits per heavy atom. The number of rotatable bonds is 5. The van der Waals surface area contributed by atoms with Crippen molar-refractivity contribution < 1.29 is 19.4 Å². The van der Waals surface area contributed by atoms with Crippen LogP contribution in [0.25, 0.3) is 22.0 Å². The number of ether oxygens (including phenoxy) is 2. The fourth-order valence-electron chi connectivity index (χ4n) is 4.84. The summed E-state index contributed by atoms with van der Waals surface area (Å²) in [5.74, 6) is -0.0140. The fraction of sp³-hybridized carbons (Fsp3) is 0.308. The van der Waals surface area contributed by atoms with Crippen LogP contribution in [0.5, 0.6) is 5.75 Å². The van der Waals surface area contributed by atoms with Gasteiger partial charge in [0.25, 0.3) is 5.56 Å². The van der Waals surface area contributed by atoms with Crippen LogP contribution in [0.1, 0.15) is 35.0 Å². The summed E-state index contributed by atoms with van der Waals surface area (Å²) in [7, 11) is 2.75. The minimum absolute atomic E-state index is 0.159. The van der Waals surface area contributed by atoms with Gasteiger partial charge in [-0.3, -0.25) is 14.5 Å². The molecule has 1 N–H and O–H groups in total. The molecule has 0 fully saturated rings. The van der Waals surface area contributed by atoms with Crippen molar-refractivity contribution in [1.29, 1.82) is 0 Å². The smallest absolute Gasteiger partial charge is 0.340 e. The van der Waals surface area contributed by atoms with E-state index in [0.717, 1.165) is 41.0 Å². The van der Waals surface area contributed by atoms with E-state index in [1.807, 2.05) is 37.3 Å². The van der Waals surface area contributed by atoms with E-state index in [9.17, 15) is 14.7 Å². The molecule has 9 heteroatoms.